The van der Waals surface area contributed by atoms with Crippen LogP contribution >= 0.6 is 0 Å². The summed E-state index contributed by atoms with van der Waals surface area (Å²) >= 11 is 0. The maximum atomic E-state index is 2.36. The van der Waals surface area contributed by atoms with E-state index in [0.29, 0.717) is 0 Å². The van der Waals surface area contributed by atoms with Crippen molar-refractivity contribution in [3.05, 3.63) is 0 Å². The molecule has 0 amide bonds. The van der Waals surface area contributed by atoms with Gasteiger partial charge in [-0.05, 0) is 33.0 Å². The molecule has 0 saturated carbocycles. The van der Waals surface area contributed by atoms with Crippen molar-refractivity contribution in [2.75, 3.05) is 20.1 Å². The van der Waals surface area contributed by atoms with E-state index >= 15 is 0 Å². The maximum absolute atomic E-state index is 2.36. The summed E-state index contributed by atoms with van der Waals surface area (Å²) in [6, 6.07) is 0. The van der Waals surface area contributed by atoms with Crippen LogP contribution in [-0.2, 0) is 17.1 Å². The SMILES string of the molecule is CN1CCCC1.[Cu]. The van der Waals surface area contributed by atoms with Gasteiger partial charge in [-0.2, -0.15) is 0 Å². The Morgan fingerprint density at radius 3 is 1.71 bits per heavy atom. The molecule has 1 aliphatic rings. The molecular formula is C5H11CuN. The van der Waals surface area contributed by atoms with Crippen molar-refractivity contribution in [1.82, 2.24) is 4.90 Å². The summed E-state index contributed by atoms with van der Waals surface area (Å²) in [5, 5.41) is 0. The molecule has 0 aliphatic carbocycles. The summed E-state index contributed by atoms with van der Waals surface area (Å²) in [6.45, 7) is 2.64. The second-order valence-corrected chi connectivity index (χ2v) is 2.01. The van der Waals surface area contributed by atoms with Gasteiger partial charge in [0.1, 0.15) is 0 Å². The Bertz CT molecular complexity index is 41.3. The molecule has 0 bridgehead atoms. The largest absolute Gasteiger partial charge is 0.306 e. The van der Waals surface area contributed by atoms with Gasteiger partial charge in [0.2, 0.25) is 0 Å². The van der Waals surface area contributed by atoms with Gasteiger partial charge in [0.15, 0.2) is 0 Å². The van der Waals surface area contributed by atoms with E-state index in [9.17, 15) is 0 Å². The predicted octanol–water partition coefficient (Wildman–Crippen LogP) is 0.710. The van der Waals surface area contributed by atoms with E-state index in [4.69, 9.17) is 0 Å². The van der Waals surface area contributed by atoms with Crippen LogP contribution in [0.5, 0.6) is 0 Å². The van der Waals surface area contributed by atoms with Crippen LogP contribution in [0.2, 0.25) is 0 Å². The first-order valence-corrected chi connectivity index (χ1v) is 2.58. The first-order chi connectivity index (χ1) is 2.89. The molecule has 0 unspecified atom stereocenters. The first kappa shape index (κ1) is 7.48. The Hall–Kier alpha value is 0.479. The fourth-order valence-electron chi connectivity index (χ4n) is 0.875. The van der Waals surface area contributed by atoms with Crippen LogP contribution in [0.4, 0.5) is 0 Å². The third kappa shape index (κ3) is 2.32. The van der Waals surface area contributed by atoms with Gasteiger partial charge in [0.05, 0.1) is 0 Å². The summed E-state index contributed by atoms with van der Waals surface area (Å²) in [5.74, 6) is 0. The normalized spacial score (nSPS) is 21.9. The number of hydrogen-bond donors (Lipinski definition) is 0. The molecule has 0 aromatic rings. The van der Waals surface area contributed by atoms with E-state index in [1.165, 1.54) is 25.9 Å². The van der Waals surface area contributed by atoms with Gasteiger partial charge in [0.25, 0.3) is 0 Å². The summed E-state index contributed by atoms with van der Waals surface area (Å²) in [4.78, 5) is 2.36. The Kier molecular flexibility index (Phi) is 3.72. The molecule has 1 nitrogen and oxygen atoms in total. The van der Waals surface area contributed by atoms with Gasteiger partial charge < -0.3 is 4.90 Å². The molecule has 47 valence electrons. The van der Waals surface area contributed by atoms with Crippen molar-refractivity contribution < 1.29 is 17.1 Å². The van der Waals surface area contributed by atoms with Crippen molar-refractivity contribution in [1.29, 1.82) is 0 Å². The van der Waals surface area contributed by atoms with E-state index in [1.807, 2.05) is 0 Å². The van der Waals surface area contributed by atoms with Crippen LogP contribution in [0.1, 0.15) is 12.8 Å². The predicted molar refractivity (Wildman–Crippen MR) is 26.7 cm³/mol. The third-order valence-electron chi connectivity index (χ3n) is 1.33. The topological polar surface area (TPSA) is 3.24 Å². The standard InChI is InChI=1S/C5H11N.Cu/c1-6-4-2-3-5-6;/h2-5H2,1H3;. The Morgan fingerprint density at radius 2 is 1.57 bits per heavy atom. The van der Waals surface area contributed by atoms with Crippen molar-refractivity contribution in [3.8, 4) is 0 Å². The maximum Gasteiger partial charge on any atom is 0 e. The van der Waals surface area contributed by atoms with Crippen molar-refractivity contribution in [3.63, 3.8) is 0 Å². The molecule has 1 fully saturated rings. The molecule has 1 heterocycles. The first-order valence-electron chi connectivity index (χ1n) is 2.58. The molecule has 2 heteroatoms. The van der Waals surface area contributed by atoms with Crippen LogP contribution in [0, 0.1) is 0 Å². The van der Waals surface area contributed by atoms with E-state index in [-0.39, 0.29) is 17.1 Å². The van der Waals surface area contributed by atoms with Gasteiger partial charge in [-0.15, -0.1) is 0 Å². The average Bonchev–Trinajstić information content (AvgIpc) is 1.86. The van der Waals surface area contributed by atoms with Gasteiger partial charge in [-0.3, -0.25) is 0 Å². The van der Waals surface area contributed by atoms with Crippen molar-refractivity contribution in [2.45, 2.75) is 12.8 Å². The monoisotopic (exact) mass is 148 g/mol. The quantitative estimate of drug-likeness (QED) is 0.458. The van der Waals surface area contributed by atoms with E-state index in [2.05, 4.69) is 11.9 Å². The van der Waals surface area contributed by atoms with Gasteiger partial charge in [-0.25, -0.2) is 0 Å². The summed E-state index contributed by atoms with van der Waals surface area (Å²) in [6.07, 6.45) is 2.83. The molecule has 0 spiro atoms. The van der Waals surface area contributed by atoms with Crippen molar-refractivity contribution in [2.24, 2.45) is 0 Å². The number of rotatable bonds is 0. The zero-order valence-electron chi connectivity index (χ0n) is 4.58. The molecule has 0 aromatic carbocycles. The molecule has 1 saturated heterocycles. The van der Waals surface area contributed by atoms with Gasteiger partial charge in [-0.1, -0.05) is 0 Å². The minimum Gasteiger partial charge on any atom is -0.306 e. The molecule has 0 atom stereocenters. The minimum atomic E-state index is 0. The summed E-state index contributed by atoms with van der Waals surface area (Å²) in [5.41, 5.74) is 0. The fraction of sp³-hybridized carbons (Fsp3) is 1.00. The molecule has 1 aliphatic heterocycles. The fourth-order valence-corrected chi connectivity index (χ4v) is 0.875. The molecular weight excluding hydrogens is 138 g/mol. The van der Waals surface area contributed by atoms with Crippen LogP contribution < -0.4 is 0 Å². The average molecular weight is 149 g/mol. The van der Waals surface area contributed by atoms with Crippen LogP contribution in [0.15, 0.2) is 0 Å². The van der Waals surface area contributed by atoms with E-state index < -0.39 is 0 Å². The zero-order chi connectivity index (χ0) is 4.41. The Morgan fingerprint density at radius 1 is 1.14 bits per heavy atom. The third-order valence-corrected chi connectivity index (χ3v) is 1.33. The number of likely N-dealkylation sites (tertiary alicyclic amines) is 1. The second-order valence-electron chi connectivity index (χ2n) is 2.01. The Labute approximate surface area is 55.5 Å². The van der Waals surface area contributed by atoms with E-state index in [0.717, 1.165) is 0 Å². The molecule has 0 N–H and O–H groups in total. The summed E-state index contributed by atoms with van der Waals surface area (Å²) in [7, 11) is 2.17. The van der Waals surface area contributed by atoms with Crippen LogP contribution in [0.25, 0.3) is 0 Å². The van der Waals surface area contributed by atoms with Gasteiger partial charge in [0, 0.05) is 17.1 Å². The molecule has 1 rings (SSSR count). The van der Waals surface area contributed by atoms with Crippen LogP contribution in [0.3, 0.4) is 0 Å². The molecule has 0 aromatic heterocycles. The van der Waals surface area contributed by atoms with Crippen molar-refractivity contribution >= 4 is 0 Å². The van der Waals surface area contributed by atoms with E-state index in [1.54, 1.807) is 0 Å². The van der Waals surface area contributed by atoms with Gasteiger partial charge >= 0.3 is 0 Å². The smallest absolute Gasteiger partial charge is 0 e. The Balaban J connectivity index is 0.000000360. The minimum absolute atomic E-state index is 0. The number of hydrogen-bond acceptors (Lipinski definition) is 1. The van der Waals surface area contributed by atoms with Crippen LogP contribution in [-0.4, -0.2) is 25.0 Å². The second kappa shape index (κ2) is 3.48. The number of nitrogens with zero attached hydrogens (tertiary/aromatic N) is 1. The molecule has 7 heavy (non-hydrogen) atoms. The zero-order valence-corrected chi connectivity index (χ0v) is 5.52. The summed E-state index contributed by atoms with van der Waals surface area (Å²) < 4.78 is 0. The molecule has 1 radical (unpaired) electrons.